The number of halogens is 1. The zero-order valence-electron chi connectivity index (χ0n) is 12.2. The Morgan fingerprint density at radius 3 is 2.81 bits per heavy atom. The van der Waals surface area contributed by atoms with Crippen LogP contribution in [0.25, 0.3) is 0 Å². The first-order valence-corrected chi connectivity index (χ1v) is 8.18. The minimum absolute atomic E-state index is 0.131. The topological polar surface area (TPSA) is 35.2 Å². The van der Waals surface area contributed by atoms with Crippen LogP contribution in [0.5, 0.6) is 5.75 Å². The van der Waals surface area contributed by atoms with Crippen LogP contribution >= 0.6 is 15.9 Å². The van der Waals surface area contributed by atoms with Gasteiger partial charge in [-0.1, -0.05) is 36.4 Å². The first kappa shape index (κ1) is 14.6. The average molecular weight is 346 g/mol. The van der Waals surface area contributed by atoms with E-state index in [2.05, 4.69) is 46.3 Å². The zero-order valence-corrected chi connectivity index (χ0v) is 13.8. The van der Waals surface area contributed by atoms with Gasteiger partial charge >= 0.3 is 0 Å². The molecule has 2 nitrogen and oxygen atoms in total. The zero-order chi connectivity index (χ0) is 14.8. The second-order valence-electron chi connectivity index (χ2n) is 5.82. The van der Waals surface area contributed by atoms with Gasteiger partial charge in [0.1, 0.15) is 5.75 Å². The van der Waals surface area contributed by atoms with Crippen molar-refractivity contribution in [1.82, 2.24) is 0 Å². The van der Waals surface area contributed by atoms with Gasteiger partial charge in [0, 0.05) is 12.0 Å². The smallest absolute Gasteiger partial charge is 0.136 e. The number of hydrogen-bond donors (Lipinski definition) is 1. The van der Waals surface area contributed by atoms with E-state index in [1.807, 2.05) is 19.1 Å². The molecule has 0 saturated carbocycles. The molecule has 0 amide bonds. The number of para-hydroxylation sites is 1. The molecule has 21 heavy (non-hydrogen) atoms. The standard InChI is InChI=1S/C18H20BrNO/c1-12(20)9-14-6-4-8-17(19)18(14)21-11-15-10-13-5-2-3-7-16(13)15/h2-8,12,15H,9-11,20H2,1H3. The Hall–Kier alpha value is -1.32. The Balaban J connectivity index is 1.71. The van der Waals surface area contributed by atoms with Gasteiger partial charge in [0.15, 0.2) is 0 Å². The summed E-state index contributed by atoms with van der Waals surface area (Å²) in [6.07, 6.45) is 1.94. The summed E-state index contributed by atoms with van der Waals surface area (Å²) in [5.41, 5.74) is 9.98. The van der Waals surface area contributed by atoms with Gasteiger partial charge in [-0.3, -0.25) is 0 Å². The summed E-state index contributed by atoms with van der Waals surface area (Å²) >= 11 is 3.59. The molecular weight excluding hydrogens is 326 g/mol. The van der Waals surface area contributed by atoms with Crippen molar-refractivity contribution in [1.29, 1.82) is 0 Å². The van der Waals surface area contributed by atoms with Gasteiger partial charge in [-0.25, -0.2) is 0 Å². The maximum atomic E-state index is 6.13. The maximum Gasteiger partial charge on any atom is 0.136 e. The fraction of sp³-hybridized carbons (Fsp3) is 0.333. The molecule has 2 unspecified atom stereocenters. The van der Waals surface area contributed by atoms with Crippen molar-refractivity contribution >= 4 is 15.9 Å². The summed E-state index contributed by atoms with van der Waals surface area (Å²) in [6.45, 7) is 2.75. The second-order valence-corrected chi connectivity index (χ2v) is 6.67. The highest BCUT2D eigenvalue weighted by Crippen LogP contribution is 2.37. The molecule has 1 aliphatic carbocycles. The predicted octanol–water partition coefficient (Wildman–Crippen LogP) is 4.06. The number of fused-ring (bicyclic) bond motifs is 1. The van der Waals surface area contributed by atoms with E-state index in [9.17, 15) is 0 Å². The van der Waals surface area contributed by atoms with Crippen molar-refractivity contribution in [2.24, 2.45) is 5.73 Å². The van der Waals surface area contributed by atoms with Crippen molar-refractivity contribution in [3.8, 4) is 5.75 Å². The van der Waals surface area contributed by atoms with Crippen molar-refractivity contribution in [3.63, 3.8) is 0 Å². The lowest BCUT2D eigenvalue weighted by Crippen LogP contribution is -2.24. The van der Waals surface area contributed by atoms with Crippen LogP contribution in [0.4, 0.5) is 0 Å². The molecule has 1 aliphatic rings. The van der Waals surface area contributed by atoms with Crippen LogP contribution in [0.1, 0.15) is 29.5 Å². The number of ether oxygens (including phenoxy) is 1. The molecule has 2 aromatic rings. The van der Waals surface area contributed by atoms with Gasteiger partial charge in [0.2, 0.25) is 0 Å². The van der Waals surface area contributed by atoms with Crippen LogP contribution in [0, 0.1) is 0 Å². The van der Waals surface area contributed by atoms with E-state index < -0.39 is 0 Å². The van der Waals surface area contributed by atoms with E-state index in [1.165, 1.54) is 16.7 Å². The van der Waals surface area contributed by atoms with Crippen LogP contribution < -0.4 is 10.5 Å². The van der Waals surface area contributed by atoms with Crippen LogP contribution in [0.15, 0.2) is 46.9 Å². The van der Waals surface area contributed by atoms with Gasteiger partial charge in [0.05, 0.1) is 11.1 Å². The van der Waals surface area contributed by atoms with E-state index in [-0.39, 0.29) is 6.04 Å². The molecule has 0 bridgehead atoms. The van der Waals surface area contributed by atoms with Gasteiger partial charge in [-0.05, 0) is 58.5 Å². The van der Waals surface area contributed by atoms with E-state index in [1.54, 1.807) is 0 Å². The fourth-order valence-corrected chi connectivity index (χ4v) is 3.44. The van der Waals surface area contributed by atoms with Gasteiger partial charge in [-0.2, -0.15) is 0 Å². The summed E-state index contributed by atoms with van der Waals surface area (Å²) in [5.74, 6) is 1.45. The molecule has 0 fully saturated rings. The van der Waals surface area contributed by atoms with E-state index in [0.29, 0.717) is 5.92 Å². The Bertz CT molecular complexity index is 639. The van der Waals surface area contributed by atoms with Crippen LogP contribution in [-0.4, -0.2) is 12.6 Å². The Morgan fingerprint density at radius 1 is 1.24 bits per heavy atom. The fourth-order valence-electron chi connectivity index (χ4n) is 2.92. The lowest BCUT2D eigenvalue weighted by Gasteiger charge is -2.30. The predicted molar refractivity (Wildman–Crippen MR) is 89.9 cm³/mol. The highest BCUT2D eigenvalue weighted by molar-refractivity contribution is 9.10. The molecular formula is C18H20BrNO. The van der Waals surface area contributed by atoms with Crippen molar-refractivity contribution in [3.05, 3.63) is 63.6 Å². The molecule has 0 aliphatic heterocycles. The summed E-state index contributed by atoms with van der Waals surface area (Å²) in [7, 11) is 0. The van der Waals surface area contributed by atoms with Crippen LogP contribution in [0.3, 0.4) is 0 Å². The Morgan fingerprint density at radius 2 is 2.05 bits per heavy atom. The Kier molecular flexibility index (Phi) is 4.32. The molecule has 3 heteroatoms. The van der Waals surface area contributed by atoms with Crippen LogP contribution in [-0.2, 0) is 12.8 Å². The second kappa shape index (κ2) is 6.20. The van der Waals surface area contributed by atoms with E-state index in [4.69, 9.17) is 10.5 Å². The minimum Gasteiger partial charge on any atom is -0.491 e. The minimum atomic E-state index is 0.131. The largest absolute Gasteiger partial charge is 0.491 e. The van der Waals surface area contributed by atoms with Crippen molar-refractivity contribution < 1.29 is 4.74 Å². The third-order valence-corrected chi connectivity index (χ3v) is 4.60. The molecule has 0 heterocycles. The maximum absolute atomic E-state index is 6.13. The molecule has 0 spiro atoms. The normalized spacial score (nSPS) is 17.8. The first-order chi connectivity index (χ1) is 10.1. The average Bonchev–Trinajstić information content (AvgIpc) is 2.42. The molecule has 0 radical (unpaired) electrons. The molecule has 3 rings (SSSR count). The SMILES string of the molecule is CC(N)Cc1cccc(Br)c1OCC1Cc2ccccc21. The van der Waals surface area contributed by atoms with Crippen molar-refractivity contribution in [2.75, 3.05) is 6.61 Å². The van der Waals surface area contributed by atoms with Crippen molar-refractivity contribution in [2.45, 2.75) is 31.7 Å². The third-order valence-electron chi connectivity index (χ3n) is 3.98. The summed E-state index contributed by atoms with van der Waals surface area (Å²) in [5, 5.41) is 0. The molecule has 0 aromatic heterocycles. The lowest BCUT2D eigenvalue weighted by molar-refractivity contribution is 0.271. The number of benzene rings is 2. The number of hydrogen-bond acceptors (Lipinski definition) is 2. The summed E-state index contributed by atoms with van der Waals surface area (Å²) in [4.78, 5) is 0. The Labute approximate surface area is 134 Å². The quantitative estimate of drug-likeness (QED) is 0.886. The first-order valence-electron chi connectivity index (χ1n) is 7.38. The molecule has 2 aromatic carbocycles. The van der Waals surface area contributed by atoms with Gasteiger partial charge < -0.3 is 10.5 Å². The van der Waals surface area contributed by atoms with Gasteiger partial charge in [-0.15, -0.1) is 0 Å². The molecule has 2 N–H and O–H groups in total. The lowest BCUT2D eigenvalue weighted by atomic mass is 9.78. The molecule has 110 valence electrons. The third kappa shape index (κ3) is 3.14. The highest BCUT2D eigenvalue weighted by atomic mass is 79.9. The highest BCUT2D eigenvalue weighted by Gasteiger charge is 2.26. The molecule has 0 saturated heterocycles. The number of nitrogens with two attached hydrogens (primary N) is 1. The van der Waals surface area contributed by atoms with E-state index in [0.717, 1.165) is 29.7 Å². The molecule has 2 atom stereocenters. The summed E-state index contributed by atoms with van der Waals surface area (Å²) < 4.78 is 7.13. The number of rotatable bonds is 5. The monoisotopic (exact) mass is 345 g/mol. The summed E-state index contributed by atoms with van der Waals surface area (Å²) in [6, 6.07) is 14.9. The van der Waals surface area contributed by atoms with Crippen LogP contribution in [0.2, 0.25) is 0 Å². The van der Waals surface area contributed by atoms with Gasteiger partial charge in [0.25, 0.3) is 0 Å². The van der Waals surface area contributed by atoms with E-state index >= 15 is 0 Å².